The zero-order valence-corrected chi connectivity index (χ0v) is 11.2. The van der Waals surface area contributed by atoms with Crippen LogP contribution >= 0.6 is 0 Å². The summed E-state index contributed by atoms with van der Waals surface area (Å²) in [7, 11) is 2.07. The molecule has 0 saturated carbocycles. The van der Waals surface area contributed by atoms with Gasteiger partial charge >= 0.3 is 0 Å². The summed E-state index contributed by atoms with van der Waals surface area (Å²) in [5, 5.41) is 11.9. The minimum Gasteiger partial charge on any atom is -0.409 e. The van der Waals surface area contributed by atoms with Crippen LogP contribution in [0.4, 0.5) is 0 Å². The van der Waals surface area contributed by atoms with E-state index in [2.05, 4.69) is 29.2 Å². The van der Waals surface area contributed by atoms with Crippen molar-refractivity contribution in [2.24, 2.45) is 10.9 Å². The second-order valence-electron chi connectivity index (χ2n) is 4.90. The van der Waals surface area contributed by atoms with Gasteiger partial charge in [0, 0.05) is 25.1 Å². The zero-order chi connectivity index (χ0) is 13.7. The molecule has 5 nitrogen and oxygen atoms in total. The first-order valence-electron chi connectivity index (χ1n) is 6.53. The molecular formula is C14H21N3O2. The quantitative estimate of drug-likeness (QED) is 0.366. The van der Waals surface area contributed by atoms with Gasteiger partial charge in [0.25, 0.3) is 0 Å². The molecule has 1 fully saturated rings. The van der Waals surface area contributed by atoms with Crippen LogP contribution < -0.4 is 5.73 Å². The first-order chi connectivity index (χ1) is 9.22. The van der Waals surface area contributed by atoms with Gasteiger partial charge in [-0.05, 0) is 19.0 Å². The summed E-state index contributed by atoms with van der Waals surface area (Å²) in [4.78, 5) is 2.26. The summed E-state index contributed by atoms with van der Waals surface area (Å²) in [6, 6.07) is 10.6. The van der Waals surface area contributed by atoms with Gasteiger partial charge in [0.1, 0.15) is 5.84 Å². The van der Waals surface area contributed by atoms with Crippen LogP contribution in [0.2, 0.25) is 0 Å². The largest absolute Gasteiger partial charge is 0.409 e. The molecule has 1 aromatic carbocycles. The van der Waals surface area contributed by atoms with E-state index in [-0.39, 0.29) is 11.9 Å². The van der Waals surface area contributed by atoms with Crippen molar-refractivity contribution in [2.45, 2.75) is 24.9 Å². The van der Waals surface area contributed by atoms with Crippen molar-refractivity contribution < 1.29 is 9.94 Å². The minimum atomic E-state index is 0.101. The normalized spacial score (nSPS) is 21.8. The van der Waals surface area contributed by atoms with Gasteiger partial charge < -0.3 is 15.7 Å². The Hall–Kier alpha value is -1.59. The second kappa shape index (κ2) is 6.54. The summed E-state index contributed by atoms with van der Waals surface area (Å²) in [5.74, 6) is 0.250. The van der Waals surface area contributed by atoms with Crippen molar-refractivity contribution in [3.63, 3.8) is 0 Å². The van der Waals surface area contributed by atoms with Crippen molar-refractivity contribution in [3.8, 4) is 0 Å². The molecule has 0 aliphatic carbocycles. The molecule has 0 aromatic heterocycles. The number of hydrogen-bond acceptors (Lipinski definition) is 4. The molecule has 0 amide bonds. The number of oxime groups is 1. The average Bonchev–Trinajstić information content (AvgIpc) is 2.99. The Balaban J connectivity index is 2.18. The van der Waals surface area contributed by atoms with Crippen molar-refractivity contribution >= 4 is 5.84 Å². The van der Waals surface area contributed by atoms with Gasteiger partial charge in [0.15, 0.2) is 0 Å². The van der Waals surface area contributed by atoms with Gasteiger partial charge in [-0.15, -0.1) is 0 Å². The molecule has 2 atom stereocenters. The van der Waals surface area contributed by atoms with Crippen LogP contribution in [0.5, 0.6) is 0 Å². The molecule has 0 radical (unpaired) electrons. The highest BCUT2D eigenvalue weighted by Crippen LogP contribution is 2.27. The number of rotatable bonds is 5. The Morgan fingerprint density at radius 3 is 2.84 bits per heavy atom. The summed E-state index contributed by atoms with van der Waals surface area (Å²) < 4.78 is 5.44. The van der Waals surface area contributed by atoms with E-state index < -0.39 is 0 Å². The smallest absolute Gasteiger partial charge is 0.141 e. The Kier molecular flexibility index (Phi) is 4.76. The number of benzene rings is 1. The third-order valence-corrected chi connectivity index (χ3v) is 3.69. The van der Waals surface area contributed by atoms with Crippen LogP contribution in [0.3, 0.4) is 0 Å². The molecule has 1 heterocycles. The monoisotopic (exact) mass is 263 g/mol. The van der Waals surface area contributed by atoms with Crippen LogP contribution in [0.25, 0.3) is 0 Å². The summed E-state index contributed by atoms with van der Waals surface area (Å²) in [6.45, 7) is 1.55. The number of ether oxygens (including phenoxy) is 1. The Labute approximate surface area is 113 Å². The number of nitrogens with zero attached hydrogens (tertiary/aromatic N) is 2. The lowest BCUT2D eigenvalue weighted by Crippen LogP contribution is -2.37. The lowest BCUT2D eigenvalue weighted by Gasteiger charge is -2.32. The van der Waals surface area contributed by atoms with E-state index in [1.165, 1.54) is 5.56 Å². The molecular weight excluding hydrogens is 242 g/mol. The van der Waals surface area contributed by atoms with Crippen LogP contribution in [0.15, 0.2) is 35.5 Å². The lowest BCUT2D eigenvalue weighted by molar-refractivity contribution is 0.134. The number of likely N-dealkylation sites (N-methyl/N-ethyl adjacent to an activating group) is 1. The van der Waals surface area contributed by atoms with E-state index >= 15 is 0 Å². The summed E-state index contributed by atoms with van der Waals surface area (Å²) in [5.41, 5.74) is 6.86. The van der Waals surface area contributed by atoms with Gasteiger partial charge in [0.05, 0.1) is 6.61 Å². The van der Waals surface area contributed by atoms with Crippen LogP contribution in [-0.2, 0) is 4.74 Å². The fourth-order valence-corrected chi connectivity index (χ4v) is 2.51. The predicted molar refractivity (Wildman–Crippen MR) is 74.2 cm³/mol. The average molecular weight is 263 g/mol. The van der Waals surface area contributed by atoms with E-state index in [1.807, 2.05) is 18.2 Å². The van der Waals surface area contributed by atoms with Gasteiger partial charge in [-0.2, -0.15) is 0 Å². The Morgan fingerprint density at radius 2 is 2.26 bits per heavy atom. The highest BCUT2D eigenvalue weighted by atomic mass is 16.5. The maximum atomic E-state index is 8.80. The highest BCUT2D eigenvalue weighted by Gasteiger charge is 2.27. The highest BCUT2D eigenvalue weighted by molar-refractivity contribution is 5.80. The van der Waals surface area contributed by atoms with E-state index in [4.69, 9.17) is 15.7 Å². The second-order valence-corrected chi connectivity index (χ2v) is 4.90. The molecule has 1 aliphatic heterocycles. The lowest BCUT2D eigenvalue weighted by atomic mass is 10.00. The Morgan fingerprint density at radius 1 is 1.53 bits per heavy atom. The molecule has 1 aliphatic rings. The van der Waals surface area contributed by atoms with Crippen molar-refractivity contribution in [3.05, 3.63) is 35.9 Å². The van der Waals surface area contributed by atoms with E-state index in [0.29, 0.717) is 12.5 Å². The third kappa shape index (κ3) is 3.45. The molecule has 1 saturated heterocycles. The van der Waals surface area contributed by atoms with Crippen molar-refractivity contribution in [1.29, 1.82) is 0 Å². The van der Waals surface area contributed by atoms with E-state index in [0.717, 1.165) is 19.6 Å². The SMILES string of the molecule is CN(C1CCOC1)C(C/C(N)=N/O)c1ccccc1. The van der Waals surface area contributed by atoms with Crippen LogP contribution in [0.1, 0.15) is 24.4 Å². The van der Waals surface area contributed by atoms with Gasteiger partial charge in [-0.3, -0.25) is 4.90 Å². The maximum absolute atomic E-state index is 8.80. The predicted octanol–water partition coefficient (Wildman–Crippen LogP) is 1.58. The van der Waals surface area contributed by atoms with Crippen molar-refractivity contribution in [1.82, 2.24) is 4.90 Å². The van der Waals surface area contributed by atoms with Crippen LogP contribution in [0, 0.1) is 0 Å². The fourth-order valence-electron chi connectivity index (χ4n) is 2.51. The molecule has 0 bridgehead atoms. The fraction of sp³-hybridized carbons (Fsp3) is 0.500. The molecule has 2 rings (SSSR count). The van der Waals surface area contributed by atoms with Gasteiger partial charge in [-0.25, -0.2) is 0 Å². The number of amidine groups is 1. The summed E-state index contributed by atoms with van der Waals surface area (Å²) >= 11 is 0. The molecule has 19 heavy (non-hydrogen) atoms. The van der Waals surface area contributed by atoms with Crippen molar-refractivity contribution in [2.75, 3.05) is 20.3 Å². The van der Waals surface area contributed by atoms with E-state index in [9.17, 15) is 0 Å². The molecule has 3 N–H and O–H groups in total. The van der Waals surface area contributed by atoms with Gasteiger partial charge in [-0.1, -0.05) is 35.5 Å². The molecule has 0 spiro atoms. The first-order valence-corrected chi connectivity index (χ1v) is 6.53. The standard InChI is InChI=1S/C14H21N3O2/c1-17(12-7-8-19-10-12)13(9-14(15)16-18)11-5-3-2-4-6-11/h2-6,12-13,18H,7-10H2,1H3,(H2,15,16). The number of hydrogen-bond donors (Lipinski definition) is 2. The molecule has 104 valence electrons. The summed E-state index contributed by atoms with van der Waals surface area (Å²) in [6.07, 6.45) is 1.53. The van der Waals surface area contributed by atoms with E-state index in [1.54, 1.807) is 0 Å². The number of nitrogens with two attached hydrogens (primary N) is 1. The third-order valence-electron chi connectivity index (χ3n) is 3.69. The molecule has 2 unspecified atom stereocenters. The maximum Gasteiger partial charge on any atom is 0.141 e. The minimum absolute atomic E-state index is 0.101. The van der Waals surface area contributed by atoms with Gasteiger partial charge in [0.2, 0.25) is 0 Å². The topological polar surface area (TPSA) is 71.1 Å². The zero-order valence-electron chi connectivity index (χ0n) is 11.2. The molecule has 5 heteroatoms. The Bertz CT molecular complexity index is 416. The molecule has 1 aromatic rings. The van der Waals surface area contributed by atoms with Crippen LogP contribution in [-0.4, -0.2) is 42.2 Å². The first kappa shape index (κ1) is 13.8.